The molecule has 24 heavy (non-hydrogen) atoms. The van der Waals surface area contributed by atoms with Gasteiger partial charge in [0.1, 0.15) is 0 Å². The van der Waals surface area contributed by atoms with Crippen molar-refractivity contribution in [2.45, 2.75) is 0 Å². The molecule has 1 saturated heterocycles. The Hall–Kier alpha value is -1.81. The Kier molecular flexibility index (Phi) is 5.56. The van der Waals surface area contributed by atoms with Gasteiger partial charge in [0, 0.05) is 39.9 Å². The largest absolute Gasteiger partial charge is 0.378 e. The van der Waals surface area contributed by atoms with Gasteiger partial charge in [0.15, 0.2) is 5.78 Å². The Morgan fingerprint density at radius 2 is 1.62 bits per heavy atom. The van der Waals surface area contributed by atoms with Gasteiger partial charge in [-0.25, -0.2) is 0 Å². The van der Waals surface area contributed by atoms with Crippen LogP contribution in [0.1, 0.15) is 15.9 Å². The number of hydrogen-bond acceptors (Lipinski definition) is 3. The van der Waals surface area contributed by atoms with Gasteiger partial charge in [-0.05, 0) is 48.6 Å². The van der Waals surface area contributed by atoms with Crippen molar-refractivity contribution < 1.29 is 9.53 Å². The van der Waals surface area contributed by atoms with Crippen molar-refractivity contribution in [1.29, 1.82) is 0 Å². The number of hydrogen-bond donors (Lipinski definition) is 0. The van der Waals surface area contributed by atoms with Crippen LogP contribution in [0.15, 0.2) is 48.5 Å². The lowest BCUT2D eigenvalue weighted by molar-refractivity contribution is 0.104. The predicted molar refractivity (Wildman–Crippen MR) is 99.3 cm³/mol. The summed E-state index contributed by atoms with van der Waals surface area (Å²) in [5.74, 6) is -0.0838. The third-order valence-corrected chi connectivity index (χ3v) is 4.59. The number of carbonyl (C=O) groups excluding carboxylic acids is 1. The number of carbonyl (C=O) groups is 1. The number of ketones is 1. The number of halogens is 2. The van der Waals surface area contributed by atoms with E-state index < -0.39 is 0 Å². The molecule has 3 nitrogen and oxygen atoms in total. The number of rotatable bonds is 4. The minimum Gasteiger partial charge on any atom is -0.378 e. The molecule has 3 rings (SSSR count). The van der Waals surface area contributed by atoms with Gasteiger partial charge in [0.25, 0.3) is 0 Å². The molecule has 1 fully saturated rings. The van der Waals surface area contributed by atoms with Crippen LogP contribution in [0.25, 0.3) is 6.08 Å². The molecule has 1 aliphatic heterocycles. The fourth-order valence-corrected chi connectivity index (χ4v) is 3.11. The zero-order valence-electron chi connectivity index (χ0n) is 13.0. The molecule has 5 heteroatoms. The highest BCUT2D eigenvalue weighted by molar-refractivity contribution is 6.37. The lowest BCUT2D eigenvalue weighted by Gasteiger charge is -2.28. The smallest absolute Gasteiger partial charge is 0.185 e. The summed E-state index contributed by atoms with van der Waals surface area (Å²) in [6.45, 7) is 3.22. The summed E-state index contributed by atoms with van der Waals surface area (Å²) in [5, 5.41) is 1.04. The summed E-state index contributed by atoms with van der Waals surface area (Å²) in [5.41, 5.74) is 2.39. The molecular formula is C19H17Cl2NO2. The first-order chi connectivity index (χ1) is 11.6. The van der Waals surface area contributed by atoms with Crippen molar-refractivity contribution >= 4 is 40.7 Å². The highest BCUT2D eigenvalue weighted by atomic mass is 35.5. The van der Waals surface area contributed by atoms with Crippen LogP contribution in [0, 0.1) is 0 Å². The fourth-order valence-electron chi connectivity index (χ4n) is 2.58. The van der Waals surface area contributed by atoms with Gasteiger partial charge in [0.05, 0.1) is 13.2 Å². The zero-order valence-corrected chi connectivity index (χ0v) is 14.6. The van der Waals surface area contributed by atoms with Gasteiger partial charge in [0.2, 0.25) is 0 Å². The first-order valence-corrected chi connectivity index (χ1v) is 8.50. The summed E-state index contributed by atoms with van der Waals surface area (Å²) < 4.78 is 5.35. The minimum absolute atomic E-state index is 0.0838. The lowest BCUT2D eigenvalue weighted by Crippen LogP contribution is -2.36. The first kappa shape index (κ1) is 17.0. The van der Waals surface area contributed by atoms with Gasteiger partial charge >= 0.3 is 0 Å². The van der Waals surface area contributed by atoms with Crippen LogP contribution < -0.4 is 4.90 Å². The lowest BCUT2D eigenvalue weighted by atomic mass is 10.1. The summed E-state index contributed by atoms with van der Waals surface area (Å²) in [6.07, 6.45) is 3.15. The van der Waals surface area contributed by atoms with Gasteiger partial charge in [-0.15, -0.1) is 0 Å². The van der Waals surface area contributed by atoms with E-state index in [-0.39, 0.29) is 5.78 Å². The normalized spacial score (nSPS) is 15.0. The van der Waals surface area contributed by atoms with Crippen molar-refractivity contribution in [2.75, 3.05) is 31.2 Å². The van der Waals surface area contributed by atoms with E-state index in [0.29, 0.717) is 21.2 Å². The molecule has 0 aromatic heterocycles. The third-order valence-electron chi connectivity index (χ3n) is 3.93. The maximum atomic E-state index is 12.3. The number of benzene rings is 2. The Balaban J connectivity index is 1.72. The second kappa shape index (κ2) is 7.84. The zero-order chi connectivity index (χ0) is 16.9. The van der Waals surface area contributed by atoms with Crippen LogP contribution in [-0.4, -0.2) is 32.1 Å². The van der Waals surface area contributed by atoms with Gasteiger partial charge in [-0.1, -0.05) is 29.3 Å². The monoisotopic (exact) mass is 361 g/mol. The third kappa shape index (κ3) is 3.99. The molecular weight excluding hydrogens is 345 g/mol. The van der Waals surface area contributed by atoms with E-state index in [2.05, 4.69) is 4.90 Å². The first-order valence-electron chi connectivity index (χ1n) is 7.74. The quantitative estimate of drug-likeness (QED) is 0.582. The maximum absolute atomic E-state index is 12.3. The van der Waals surface area contributed by atoms with E-state index in [4.69, 9.17) is 27.9 Å². The van der Waals surface area contributed by atoms with Crippen LogP contribution >= 0.6 is 23.2 Å². The van der Waals surface area contributed by atoms with Crippen molar-refractivity contribution in [2.24, 2.45) is 0 Å². The topological polar surface area (TPSA) is 29.5 Å². The molecule has 1 aliphatic rings. The van der Waals surface area contributed by atoms with Crippen LogP contribution in [0.2, 0.25) is 10.0 Å². The van der Waals surface area contributed by atoms with Crippen molar-refractivity contribution in [3.63, 3.8) is 0 Å². The number of allylic oxidation sites excluding steroid dienone is 1. The highest BCUT2D eigenvalue weighted by Crippen LogP contribution is 2.25. The molecule has 0 bridgehead atoms. The van der Waals surface area contributed by atoms with Gasteiger partial charge in [-0.3, -0.25) is 4.79 Å². The van der Waals surface area contributed by atoms with Crippen LogP contribution in [0.3, 0.4) is 0 Å². The molecule has 124 valence electrons. The Bertz CT molecular complexity index is 730. The molecule has 0 unspecified atom stereocenters. The van der Waals surface area contributed by atoms with E-state index in [1.807, 2.05) is 24.3 Å². The van der Waals surface area contributed by atoms with Gasteiger partial charge in [-0.2, -0.15) is 0 Å². The Morgan fingerprint density at radius 1 is 1.00 bits per heavy atom. The van der Waals surface area contributed by atoms with Gasteiger partial charge < -0.3 is 9.64 Å². The van der Waals surface area contributed by atoms with E-state index in [0.717, 1.165) is 32.0 Å². The molecule has 0 atom stereocenters. The number of anilines is 1. The van der Waals surface area contributed by atoms with Crippen LogP contribution in [0.4, 0.5) is 5.69 Å². The maximum Gasteiger partial charge on any atom is 0.185 e. The van der Waals surface area contributed by atoms with E-state index in [1.165, 1.54) is 6.08 Å². The van der Waals surface area contributed by atoms with E-state index in [1.54, 1.807) is 24.3 Å². The van der Waals surface area contributed by atoms with Crippen LogP contribution in [0.5, 0.6) is 0 Å². The fraction of sp³-hybridized carbons (Fsp3) is 0.211. The SMILES string of the molecule is O=C(/C=C/c1c(Cl)cccc1Cl)c1ccc(N2CCOCC2)cc1. The highest BCUT2D eigenvalue weighted by Gasteiger charge is 2.11. The van der Waals surface area contributed by atoms with Crippen LogP contribution in [-0.2, 0) is 4.74 Å². The minimum atomic E-state index is -0.0838. The summed E-state index contributed by atoms with van der Waals surface area (Å²) >= 11 is 12.2. The molecule has 0 amide bonds. The molecule has 0 spiro atoms. The average Bonchev–Trinajstić information content (AvgIpc) is 2.62. The second-order valence-corrected chi connectivity index (χ2v) is 6.29. The Morgan fingerprint density at radius 3 is 2.25 bits per heavy atom. The van der Waals surface area contributed by atoms with Crippen molar-refractivity contribution in [3.8, 4) is 0 Å². The predicted octanol–water partition coefficient (Wildman–Crippen LogP) is 4.73. The second-order valence-electron chi connectivity index (χ2n) is 5.48. The van der Waals surface area contributed by atoms with Crippen molar-refractivity contribution in [1.82, 2.24) is 0 Å². The summed E-state index contributed by atoms with van der Waals surface area (Å²) in [7, 11) is 0. The molecule has 0 aliphatic carbocycles. The number of ether oxygens (including phenoxy) is 1. The van der Waals surface area contributed by atoms with E-state index in [9.17, 15) is 4.79 Å². The molecule has 0 N–H and O–H groups in total. The summed E-state index contributed by atoms with van der Waals surface area (Å²) in [6, 6.07) is 12.9. The number of morpholine rings is 1. The molecule has 1 heterocycles. The standard InChI is InChI=1S/C19H17Cl2NO2/c20-17-2-1-3-18(21)16(17)8-9-19(23)14-4-6-15(7-5-14)22-10-12-24-13-11-22/h1-9H,10-13H2/b9-8+. The Labute approximate surface area is 151 Å². The number of nitrogens with zero attached hydrogens (tertiary/aromatic N) is 1. The summed E-state index contributed by atoms with van der Waals surface area (Å²) in [4.78, 5) is 14.6. The molecule has 0 radical (unpaired) electrons. The van der Waals surface area contributed by atoms with Crippen molar-refractivity contribution in [3.05, 3.63) is 69.7 Å². The average molecular weight is 362 g/mol. The molecule has 0 saturated carbocycles. The molecule has 2 aromatic rings. The molecule has 2 aromatic carbocycles. The van der Waals surface area contributed by atoms with E-state index >= 15 is 0 Å².